The zero-order valence-corrected chi connectivity index (χ0v) is 20.1. The highest BCUT2D eigenvalue weighted by Crippen LogP contribution is 2.31. The third-order valence-electron chi connectivity index (χ3n) is 3.16. The van der Waals surface area contributed by atoms with E-state index in [0.29, 0.717) is 15.7 Å². The van der Waals surface area contributed by atoms with Crippen LogP contribution in [0.5, 0.6) is 0 Å². The zero-order valence-electron chi connectivity index (χ0n) is 17.7. The van der Waals surface area contributed by atoms with Gasteiger partial charge in [-0.05, 0) is 69.6 Å². The van der Waals surface area contributed by atoms with Crippen molar-refractivity contribution in [3.63, 3.8) is 0 Å². The van der Waals surface area contributed by atoms with Crippen LogP contribution in [0.3, 0.4) is 0 Å². The van der Waals surface area contributed by atoms with Crippen molar-refractivity contribution in [2.75, 3.05) is 0 Å². The second-order valence-corrected chi connectivity index (χ2v) is 8.98. The number of nitrogens with one attached hydrogen (secondary N) is 2. The number of aliphatic imine (C=N–C) groups is 1. The Morgan fingerprint density at radius 1 is 0.967 bits per heavy atom. The molecule has 0 spiro atoms. The average Bonchev–Trinajstić information content (AvgIpc) is 2.54. The Bertz CT molecular complexity index is 920. The molecule has 1 aromatic heterocycles. The van der Waals surface area contributed by atoms with Gasteiger partial charge in [0.1, 0.15) is 11.2 Å². The first-order chi connectivity index (χ1) is 13.3. The largest absolute Gasteiger partial charge is 0.444 e. The summed E-state index contributed by atoms with van der Waals surface area (Å²) in [5.41, 5.74) is -0.274. The molecule has 2 rings (SSSR count). The van der Waals surface area contributed by atoms with E-state index in [2.05, 4.69) is 36.5 Å². The number of alkyl carbamates (subject to hydrolysis) is 2. The minimum Gasteiger partial charge on any atom is -0.444 e. The molecular weight excluding hydrogens is 476 g/mol. The highest BCUT2D eigenvalue weighted by molar-refractivity contribution is 9.10. The van der Waals surface area contributed by atoms with Crippen LogP contribution in [0, 0.1) is 0 Å². The topological polar surface area (TPSA) is 102 Å². The predicted octanol–water partition coefficient (Wildman–Crippen LogP) is 5.46. The van der Waals surface area contributed by atoms with Crippen molar-refractivity contribution < 1.29 is 19.1 Å². The molecule has 0 radical (unpaired) electrons. The molecule has 10 heteroatoms. The van der Waals surface area contributed by atoms with E-state index >= 15 is 0 Å². The molecule has 30 heavy (non-hydrogen) atoms. The van der Waals surface area contributed by atoms with Gasteiger partial charge in [0.25, 0.3) is 0 Å². The summed E-state index contributed by atoms with van der Waals surface area (Å²) < 4.78 is 11.1. The molecule has 1 heterocycles. The lowest BCUT2D eigenvalue weighted by molar-refractivity contribution is 0.0545. The highest BCUT2D eigenvalue weighted by atomic mass is 79.9. The van der Waals surface area contributed by atoms with Gasteiger partial charge in [-0.1, -0.05) is 12.1 Å². The first-order valence-corrected chi connectivity index (χ1v) is 9.75. The minimum atomic E-state index is -0.762. The van der Waals surface area contributed by atoms with E-state index in [1.807, 2.05) is 18.2 Å². The van der Waals surface area contributed by atoms with Crippen molar-refractivity contribution in [1.82, 2.24) is 15.6 Å². The van der Waals surface area contributed by atoms with Crippen molar-refractivity contribution in [2.45, 2.75) is 52.7 Å². The molecule has 2 aromatic rings. The van der Waals surface area contributed by atoms with Crippen molar-refractivity contribution in [1.29, 1.82) is 0 Å². The standard InChI is InChI=1S/C20H25BrN4O4.ClH/c1-19(2,3)28-17(26)24-16(25-18(27)29-20(4,5)6)23-13-10-9-12-8-7-11-22-15(12)14(13)21;/h7-11H,1-6H3,(H2,23,24,25,26,27);1H. The van der Waals surface area contributed by atoms with Crippen molar-refractivity contribution in [3.05, 3.63) is 34.9 Å². The molecule has 0 aliphatic heterocycles. The van der Waals surface area contributed by atoms with Crippen LogP contribution in [0.2, 0.25) is 0 Å². The van der Waals surface area contributed by atoms with Crippen LogP contribution in [0.4, 0.5) is 15.3 Å². The van der Waals surface area contributed by atoms with E-state index < -0.39 is 23.4 Å². The van der Waals surface area contributed by atoms with Gasteiger partial charge in [-0.15, -0.1) is 12.4 Å². The fraction of sp³-hybridized carbons (Fsp3) is 0.400. The second-order valence-electron chi connectivity index (χ2n) is 8.19. The third kappa shape index (κ3) is 8.16. The lowest BCUT2D eigenvalue weighted by Crippen LogP contribution is -2.47. The summed E-state index contributed by atoms with van der Waals surface area (Å²) in [7, 11) is 0. The van der Waals surface area contributed by atoms with Crippen LogP contribution >= 0.6 is 28.3 Å². The SMILES string of the molecule is CC(C)(C)OC(=O)NC(=Nc1ccc2cccnc2c1Br)NC(=O)OC(C)(C)C.Cl. The van der Waals surface area contributed by atoms with Gasteiger partial charge in [0.2, 0.25) is 5.96 Å². The Labute approximate surface area is 190 Å². The number of rotatable bonds is 1. The Kier molecular flexibility index (Phi) is 8.62. The van der Waals surface area contributed by atoms with Crippen LogP contribution in [-0.2, 0) is 9.47 Å². The van der Waals surface area contributed by atoms with Crippen LogP contribution in [-0.4, -0.2) is 34.3 Å². The number of carbonyl (C=O) groups excluding carboxylic acids is 2. The number of aromatic nitrogens is 1. The van der Waals surface area contributed by atoms with Gasteiger partial charge in [-0.3, -0.25) is 15.6 Å². The van der Waals surface area contributed by atoms with Gasteiger partial charge in [-0.2, -0.15) is 0 Å². The molecule has 2 N–H and O–H groups in total. The van der Waals surface area contributed by atoms with Crippen LogP contribution < -0.4 is 10.6 Å². The van der Waals surface area contributed by atoms with E-state index in [1.54, 1.807) is 53.8 Å². The average molecular weight is 502 g/mol. The molecule has 8 nitrogen and oxygen atoms in total. The molecule has 0 saturated heterocycles. The summed E-state index contributed by atoms with van der Waals surface area (Å²) in [4.78, 5) is 33.1. The molecule has 0 saturated carbocycles. The van der Waals surface area contributed by atoms with Gasteiger partial charge < -0.3 is 9.47 Å². The molecule has 0 fully saturated rings. The first kappa shape index (κ1) is 25.6. The molecule has 0 aliphatic rings. The van der Waals surface area contributed by atoms with E-state index in [9.17, 15) is 9.59 Å². The monoisotopic (exact) mass is 500 g/mol. The summed E-state index contributed by atoms with van der Waals surface area (Å²) >= 11 is 3.48. The quantitative estimate of drug-likeness (QED) is 0.399. The van der Waals surface area contributed by atoms with Crippen molar-refractivity contribution in [2.24, 2.45) is 4.99 Å². The normalized spacial score (nSPS) is 11.2. The lowest BCUT2D eigenvalue weighted by Gasteiger charge is -2.22. The number of benzene rings is 1. The second kappa shape index (κ2) is 10.1. The number of hydrogen-bond acceptors (Lipinski definition) is 6. The Balaban J connectivity index is 0.00000450. The molecular formula is C20H26BrClN4O4. The summed E-state index contributed by atoms with van der Waals surface area (Å²) in [6, 6.07) is 7.32. The van der Waals surface area contributed by atoms with Crippen LogP contribution in [0.1, 0.15) is 41.5 Å². The summed E-state index contributed by atoms with van der Waals surface area (Å²) in [5.74, 6) is -0.135. The molecule has 164 valence electrons. The lowest BCUT2D eigenvalue weighted by atomic mass is 10.2. The number of carbonyl (C=O) groups is 2. The number of ether oxygens (including phenoxy) is 2. The minimum absolute atomic E-state index is 0. The molecule has 0 unspecified atom stereocenters. The molecule has 2 amide bonds. The van der Waals surface area contributed by atoms with E-state index in [-0.39, 0.29) is 18.4 Å². The number of nitrogens with zero attached hydrogens (tertiary/aromatic N) is 2. The van der Waals surface area contributed by atoms with Gasteiger partial charge in [0.15, 0.2) is 0 Å². The summed E-state index contributed by atoms with van der Waals surface area (Å²) in [6.45, 7) is 10.4. The van der Waals surface area contributed by atoms with Gasteiger partial charge >= 0.3 is 12.2 Å². The number of fused-ring (bicyclic) bond motifs is 1. The van der Waals surface area contributed by atoms with Crippen molar-refractivity contribution >= 4 is 63.1 Å². The molecule has 0 aliphatic carbocycles. The number of amides is 2. The molecule has 1 aromatic carbocycles. The predicted molar refractivity (Wildman–Crippen MR) is 123 cm³/mol. The summed E-state index contributed by atoms with van der Waals surface area (Å²) in [6.07, 6.45) is 0.143. The Hall–Kier alpha value is -2.39. The van der Waals surface area contributed by atoms with Crippen molar-refractivity contribution in [3.8, 4) is 0 Å². The van der Waals surface area contributed by atoms with E-state index in [4.69, 9.17) is 9.47 Å². The number of pyridine rings is 1. The number of halogens is 2. The first-order valence-electron chi connectivity index (χ1n) is 8.96. The van der Waals surface area contributed by atoms with E-state index in [1.165, 1.54) is 0 Å². The maximum Gasteiger partial charge on any atom is 0.414 e. The Morgan fingerprint density at radius 2 is 1.50 bits per heavy atom. The molecule has 0 bridgehead atoms. The maximum absolute atomic E-state index is 12.2. The van der Waals surface area contributed by atoms with Crippen LogP contribution in [0.15, 0.2) is 39.9 Å². The molecule has 0 atom stereocenters. The summed E-state index contributed by atoms with van der Waals surface area (Å²) in [5, 5.41) is 5.82. The van der Waals surface area contributed by atoms with Gasteiger partial charge in [0, 0.05) is 11.6 Å². The zero-order chi connectivity index (χ0) is 21.8. The number of hydrogen-bond donors (Lipinski definition) is 2. The van der Waals surface area contributed by atoms with Crippen LogP contribution in [0.25, 0.3) is 10.9 Å². The highest BCUT2D eigenvalue weighted by Gasteiger charge is 2.21. The van der Waals surface area contributed by atoms with Gasteiger partial charge in [0.05, 0.1) is 15.7 Å². The number of guanidine groups is 1. The van der Waals surface area contributed by atoms with Gasteiger partial charge in [-0.25, -0.2) is 14.6 Å². The van der Waals surface area contributed by atoms with E-state index in [0.717, 1.165) is 5.39 Å². The maximum atomic E-state index is 12.2. The smallest absolute Gasteiger partial charge is 0.414 e. The third-order valence-corrected chi connectivity index (χ3v) is 3.95. The fourth-order valence-corrected chi connectivity index (χ4v) is 2.75. The Morgan fingerprint density at radius 3 is 2.00 bits per heavy atom. The fourth-order valence-electron chi connectivity index (χ4n) is 2.19.